The van der Waals surface area contributed by atoms with Crippen LogP contribution in [0.2, 0.25) is 0 Å². The van der Waals surface area contributed by atoms with Gasteiger partial charge in [-0.25, -0.2) is 4.79 Å². The van der Waals surface area contributed by atoms with Gasteiger partial charge in [-0.3, -0.25) is 9.69 Å². The number of ether oxygens (including phenoxy) is 1. The van der Waals surface area contributed by atoms with E-state index >= 15 is 0 Å². The topological polar surface area (TPSA) is 46.6 Å². The molecule has 0 radical (unpaired) electrons. The number of hydrogen-bond donors (Lipinski definition) is 0. The molecule has 16 heavy (non-hydrogen) atoms. The molecule has 0 spiro atoms. The number of likely N-dealkylation sites (tertiary alicyclic amines) is 1. The lowest BCUT2D eigenvalue weighted by Crippen LogP contribution is -2.47. The molecule has 4 heteroatoms. The van der Waals surface area contributed by atoms with E-state index in [9.17, 15) is 9.59 Å². The first-order valence-electron chi connectivity index (χ1n) is 5.96. The summed E-state index contributed by atoms with van der Waals surface area (Å²) in [4.78, 5) is 24.7. The summed E-state index contributed by atoms with van der Waals surface area (Å²) in [5.74, 6) is 0.380. The Kier molecular flexibility index (Phi) is 4.77. The minimum atomic E-state index is -0.339. The van der Waals surface area contributed by atoms with Gasteiger partial charge in [-0.2, -0.15) is 0 Å². The average molecular weight is 227 g/mol. The molecule has 0 aromatic heterocycles. The van der Waals surface area contributed by atoms with Gasteiger partial charge in [0.1, 0.15) is 0 Å². The first-order valence-corrected chi connectivity index (χ1v) is 5.96. The van der Waals surface area contributed by atoms with E-state index in [1.54, 1.807) is 11.8 Å². The summed E-state index contributed by atoms with van der Waals surface area (Å²) in [7, 11) is 0. The molecule has 1 heterocycles. The largest absolute Gasteiger partial charge is 0.449 e. The molecule has 1 aliphatic heterocycles. The Morgan fingerprint density at radius 2 is 2.06 bits per heavy atom. The van der Waals surface area contributed by atoms with Crippen molar-refractivity contribution in [2.75, 3.05) is 13.2 Å². The van der Waals surface area contributed by atoms with Gasteiger partial charge in [-0.1, -0.05) is 13.8 Å². The fourth-order valence-electron chi connectivity index (χ4n) is 1.89. The molecule has 1 saturated heterocycles. The van der Waals surface area contributed by atoms with Crippen molar-refractivity contribution in [1.82, 2.24) is 4.90 Å². The highest BCUT2D eigenvalue weighted by molar-refractivity contribution is 5.85. The molecule has 1 amide bonds. The lowest BCUT2D eigenvalue weighted by molar-refractivity contribution is -0.122. The molecule has 0 bridgehead atoms. The number of ketones is 1. The third kappa shape index (κ3) is 3.51. The van der Waals surface area contributed by atoms with Gasteiger partial charge in [0.05, 0.1) is 12.6 Å². The van der Waals surface area contributed by atoms with Crippen LogP contribution in [0.1, 0.15) is 40.0 Å². The van der Waals surface area contributed by atoms with Gasteiger partial charge < -0.3 is 4.74 Å². The Labute approximate surface area is 96.9 Å². The zero-order valence-electron chi connectivity index (χ0n) is 10.4. The SMILES string of the molecule is CC(=O)C1CCCCN1C(=O)OCC(C)C. The average Bonchev–Trinajstić information content (AvgIpc) is 2.25. The number of amides is 1. The minimum absolute atomic E-state index is 0.0567. The molecule has 1 rings (SSSR count). The van der Waals surface area contributed by atoms with Crippen LogP contribution in [0.4, 0.5) is 4.79 Å². The van der Waals surface area contributed by atoms with Crippen molar-refractivity contribution < 1.29 is 14.3 Å². The summed E-state index contributed by atoms with van der Waals surface area (Å²) in [6.45, 7) is 6.58. The summed E-state index contributed by atoms with van der Waals surface area (Å²) in [5, 5.41) is 0. The zero-order chi connectivity index (χ0) is 12.1. The van der Waals surface area contributed by atoms with Gasteiger partial charge in [0.2, 0.25) is 0 Å². The number of carbonyl (C=O) groups is 2. The van der Waals surface area contributed by atoms with E-state index in [2.05, 4.69) is 0 Å². The third-order valence-corrected chi connectivity index (χ3v) is 2.75. The van der Waals surface area contributed by atoms with Crippen LogP contribution in [-0.2, 0) is 9.53 Å². The summed E-state index contributed by atoms with van der Waals surface area (Å²) in [6.07, 6.45) is 2.40. The van der Waals surface area contributed by atoms with Gasteiger partial charge in [-0.05, 0) is 32.1 Å². The number of hydrogen-bond acceptors (Lipinski definition) is 3. The van der Waals surface area contributed by atoms with Crippen LogP contribution in [-0.4, -0.2) is 36.0 Å². The van der Waals surface area contributed by atoms with E-state index < -0.39 is 0 Å². The van der Waals surface area contributed by atoms with Crippen molar-refractivity contribution in [3.63, 3.8) is 0 Å². The van der Waals surface area contributed by atoms with E-state index in [1.807, 2.05) is 13.8 Å². The van der Waals surface area contributed by atoms with E-state index in [4.69, 9.17) is 4.74 Å². The Morgan fingerprint density at radius 3 is 2.62 bits per heavy atom. The maximum absolute atomic E-state index is 11.8. The molecule has 92 valence electrons. The van der Waals surface area contributed by atoms with Crippen LogP contribution in [0.3, 0.4) is 0 Å². The van der Waals surface area contributed by atoms with Crippen molar-refractivity contribution in [1.29, 1.82) is 0 Å². The van der Waals surface area contributed by atoms with Gasteiger partial charge in [0, 0.05) is 6.54 Å². The van der Waals surface area contributed by atoms with E-state index in [0.717, 1.165) is 19.3 Å². The lowest BCUT2D eigenvalue weighted by atomic mass is 10.00. The zero-order valence-corrected chi connectivity index (χ0v) is 10.4. The second-order valence-corrected chi connectivity index (χ2v) is 4.79. The van der Waals surface area contributed by atoms with Crippen LogP contribution in [0.5, 0.6) is 0 Å². The van der Waals surface area contributed by atoms with Gasteiger partial charge in [0.25, 0.3) is 0 Å². The molecule has 0 saturated carbocycles. The van der Waals surface area contributed by atoms with Crippen LogP contribution in [0, 0.1) is 5.92 Å². The molecular weight excluding hydrogens is 206 g/mol. The Balaban J connectivity index is 2.54. The lowest BCUT2D eigenvalue weighted by Gasteiger charge is -2.33. The van der Waals surface area contributed by atoms with Crippen LogP contribution in [0.25, 0.3) is 0 Å². The van der Waals surface area contributed by atoms with Crippen molar-refractivity contribution in [2.24, 2.45) is 5.92 Å². The van der Waals surface area contributed by atoms with Gasteiger partial charge in [-0.15, -0.1) is 0 Å². The molecule has 0 aromatic rings. The predicted octanol–water partition coefficient (Wildman–Crippen LogP) is 2.22. The summed E-state index contributed by atoms with van der Waals surface area (Å²) in [5.41, 5.74) is 0. The normalized spacial score (nSPS) is 21.0. The monoisotopic (exact) mass is 227 g/mol. The quantitative estimate of drug-likeness (QED) is 0.742. The van der Waals surface area contributed by atoms with Crippen molar-refractivity contribution >= 4 is 11.9 Å². The fourth-order valence-corrected chi connectivity index (χ4v) is 1.89. The fraction of sp³-hybridized carbons (Fsp3) is 0.833. The molecule has 1 atom stereocenters. The molecule has 1 aliphatic rings. The van der Waals surface area contributed by atoms with Gasteiger partial charge in [0.15, 0.2) is 5.78 Å². The molecule has 1 unspecified atom stereocenters. The second kappa shape index (κ2) is 5.87. The molecule has 1 fully saturated rings. The van der Waals surface area contributed by atoms with Crippen molar-refractivity contribution in [3.05, 3.63) is 0 Å². The highest BCUT2D eigenvalue weighted by Gasteiger charge is 2.30. The van der Waals surface area contributed by atoms with Crippen LogP contribution >= 0.6 is 0 Å². The molecule has 0 aromatic carbocycles. The number of piperidine rings is 1. The van der Waals surface area contributed by atoms with Crippen molar-refractivity contribution in [2.45, 2.75) is 46.1 Å². The molecule has 4 nitrogen and oxygen atoms in total. The first-order chi connectivity index (χ1) is 7.52. The minimum Gasteiger partial charge on any atom is -0.449 e. The maximum atomic E-state index is 11.8. The molecular formula is C12H21NO3. The van der Waals surface area contributed by atoms with E-state index in [0.29, 0.717) is 19.1 Å². The number of Topliss-reactive ketones (excluding diaryl/α,β-unsaturated/α-hetero) is 1. The third-order valence-electron chi connectivity index (χ3n) is 2.75. The number of nitrogens with zero attached hydrogens (tertiary/aromatic N) is 1. The standard InChI is InChI=1S/C12H21NO3/c1-9(2)8-16-12(15)13-7-5-4-6-11(13)10(3)14/h9,11H,4-8H2,1-3H3. The maximum Gasteiger partial charge on any atom is 0.410 e. The first kappa shape index (κ1) is 13.0. The second-order valence-electron chi connectivity index (χ2n) is 4.79. The Morgan fingerprint density at radius 1 is 1.38 bits per heavy atom. The van der Waals surface area contributed by atoms with Crippen molar-refractivity contribution in [3.8, 4) is 0 Å². The predicted molar refractivity (Wildman–Crippen MR) is 61.2 cm³/mol. The summed E-state index contributed by atoms with van der Waals surface area (Å²) < 4.78 is 5.16. The van der Waals surface area contributed by atoms with Gasteiger partial charge >= 0.3 is 6.09 Å². The van der Waals surface area contributed by atoms with E-state index in [1.165, 1.54) is 0 Å². The van der Waals surface area contributed by atoms with E-state index in [-0.39, 0.29) is 17.9 Å². The number of rotatable bonds is 3. The molecule has 0 aliphatic carbocycles. The highest BCUT2D eigenvalue weighted by Crippen LogP contribution is 2.18. The smallest absolute Gasteiger partial charge is 0.410 e. The highest BCUT2D eigenvalue weighted by atomic mass is 16.6. The number of carbonyl (C=O) groups excluding carboxylic acids is 2. The van der Waals surface area contributed by atoms with Crippen LogP contribution in [0.15, 0.2) is 0 Å². The Hall–Kier alpha value is -1.06. The summed E-state index contributed by atoms with van der Waals surface area (Å²) in [6, 6.07) is -0.270. The molecule has 0 N–H and O–H groups in total. The Bertz CT molecular complexity index is 263. The summed E-state index contributed by atoms with van der Waals surface area (Å²) >= 11 is 0. The van der Waals surface area contributed by atoms with Crippen LogP contribution < -0.4 is 0 Å².